The number of H-pyrrole nitrogens is 1. The summed E-state index contributed by atoms with van der Waals surface area (Å²) in [5, 5.41) is 0. The van der Waals surface area contributed by atoms with Crippen molar-refractivity contribution in [2.75, 3.05) is 0 Å². The normalized spacial score (nSPS) is 14.5. The second kappa shape index (κ2) is 5.95. The van der Waals surface area contributed by atoms with Crippen LogP contribution in [0.2, 0.25) is 0 Å². The maximum Gasteiger partial charge on any atom is 0.144 e. The average Bonchev–Trinajstić information content (AvgIpc) is 3.24. The molecule has 6 heteroatoms. The molecule has 2 nitrogen and oxygen atoms in total. The van der Waals surface area contributed by atoms with Crippen LogP contribution in [0.25, 0.3) is 0 Å². The van der Waals surface area contributed by atoms with Gasteiger partial charge in [-0.05, 0) is 47.0 Å². The first-order valence-corrected chi connectivity index (χ1v) is 8.49. The van der Waals surface area contributed by atoms with Gasteiger partial charge in [-0.15, -0.1) is 11.8 Å². The fraction of sp³-hybridized carbons (Fsp3) is 0.286. The summed E-state index contributed by atoms with van der Waals surface area (Å²) >= 11 is 10.3. The van der Waals surface area contributed by atoms with Gasteiger partial charge in [0.25, 0.3) is 0 Å². The lowest BCUT2D eigenvalue weighted by Crippen LogP contribution is -1.99. The summed E-state index contributed by atoms with van der Waals surface area (Å²) in [6, 6.07) is 6.58. The molecule has 20 heavy (non-hydrogen) atoms. The summed E-state index contributed by atoms with van der Waals surface area (Å²) in [6.07, 6.45) is 2.40. The lowest BCUT2D eigenvalue weighted by molar-refractivity contribution is 0.624. The van der Waals surface area contributed by atoms with Crippen LogP contribution in [-0.2, 0) is 5.75 Å². The molecule has 0 atom stereocenters. The molecule has 1 aromatic heterocycles. The molecule has 1 saturated carbocycles. The number of aromatic amines is 1. The smallest absolute Gasteiger partial charge is 0.144 e. The molecule has 1 fully saturated rings. The first-order chi connectivity index (χ1) is 9.63. The topological polar surface area (TPSA) is 28.7 Å². The average molecular weight is 371 g/mol. The van der Waals surface area contributed by atoms with Crippen LogP contribution in [0, 0.1) is 10.5 Å². The molecule has 1 aromatic carbocycles. The van der Waals surface area contributed by atoms with Crippen LogP contribution in [0.4, 0.5) is 4.39 Å². The number of nitrogens with zero attached hydrogens (tertiary/aromatic N) is 1. The number of nitrogens with one attached hydrogen (secondary N) is 1. The van der Waals surface area contributed by atoms with Gasteiger partial charge in [-0.1, -0.05) is 18.3 Å². The predicted molar refractivity (Wildman–Crippen MR) is 85.1 cm³/mol. The number of benzene rings is 1. The molecule has 0 bridgehead atoms. The Morgan fingerprint density at radius 1 is 1.45 bits per heavy atom. The van der Waals surface area contributed by atoms with E-state index in [0.29, 0.717) is 16.3 Å². The zero-order chi connectivity index (χ0) is 14.1. The van der Waals surface area contributed by atoms with Gasteiger partial charge in [0.15, 0.2) is 0 Å². The fourth-order valence-electron chi connectivity index (χ4n) is 1.96. The Morgan fingerprint density at radius 2 is 2.25 bits per heavy atom. The van der Waals surface area contributed by atoms with E-state index in [0.717, 1.165) is 20.9 Å². The first-order valence-electron chi connectivity index (χ1n) is 6.30. The Labute approximate surface area is 134 Å². The van der Waals surface area contributed by atoms with Gasteiger partial charge >= 0.3 is 0 Å². The molecule has 1 heterocycles. The Hall–Kier alpha value is -0.720. The minimum Gasteiger partial charge on any atom is -0.345 e. The molecular weight excluding hydrogens is 359 g/mol. The van der Waals surface area contributed by atoms with E-state index in [1.165, 1.54) is 25.0 Å². The van der Waals surface area contributed by atoms with Crippen LogP contribution in [0.15, 0.2) is 33.6 Å². The van der Waals surface area contributed by atoms with E-state index in [2.05, 4.69) is 25.9 Å². The summed E-state index contributed by atoms with van der Waals surface area (Å²) < 4.78 is 14.6. The van der Waals surface area contributed by atoms with Gasteiger partial charge in [0, 0.05) is 16.5 Å². The third kappa shape index (κ3) is 3.30. The molecule has 104 valence electrons. The van der Waals surface area contributed by atoms with E-state index < -0.39 is 0 Å². The Morgan fingerprint density at radius 3 is 2.95 bits per heavy atom. The summed E-state index contributed by atoms with van der Waals surface area (Å²) in [6.45, 7) is 0. The molecule has 1 aliphatic carbocycles. The largest absolute Gasteiger partial charge is 0.345 e. The molecule has 3 rings (SSSR count). The molecule has 0 aliphatic heterocycles. The first kappa shape index (κ1) is 14.2. The highest BCUT2D eigenvalue weighted by atomic mass is 79.9. The molecule has 0 amide bonds. The van der Waals surface area contributed by atoms with Crippen molar-refractivity contribution in [3.8, 4) is 0 Å². The van der Waals surface area contributed by atoms with Crippen LogP contribution >= 0.6 is 39.9 Å². The highest BCUT2D eigenvalue weighted by Crippen LogP contribution is 2.42. The second-order valence-electron chi connectivity index (χ2n) is 4.74. The van der Waals surface area contributed by atoms with Crippen molar-refractivity contribution in [3.63, 3.8) is 0 Å². The summed E-state index contributed by atoms with van der Waals surface area (Å²) in [5.41, 5.74) is 1.15. The molecule has 1 N–H and O–H groups in total. The maximum atomic E-state index is 13.1. The summed E-state index contributed by atoms with van der Waals surface area (Å²) in [5.74, 6) is 1.85. The minimum absolute atomic E-state index is 0.217. The number of halogens is 2. The van der Waals surface area contributed by atoms with Crippen LogP contribution < -0.4 is 0 Å². The molecule has 0 spiro atoms. The SMILES string of the molecule is Fc1cccc(SCc2nc(=S)c(Br)c(C3CC3)[nH]2)c1. The van der Waals surface area contributed by atoms with Gasteiger partial charge in [-0.25, -0.2) is 9.37 Å². The zero-order valence-corrected chi connectivity index (χ0v) is 13.7. The third-order valence-corrected chi connectivity index (χ3v) is 5.46. The Bertz CT molecular complexity index is 698. The molecular formula is C14H12BrFN2S2. The highest BCUT2D eigenvalue weighted by molar-refractivity contribution is 9.10. The van der Waals surface area contributed by atoms with Gasteiger partial charge in [0.1, 0.15) is 16.3 Å². The van der Waals surface area contributed by atoms with E-state index >= 15 is 0 Å². The fourth-order valence-corrected chi connectivity index (χ4v) is 3.50. The van der Waals surface area contributed by atoms with Crippen LogP contribution in [0.3, 0.4) is 0 Å². The third-order valence-electron chi connectivity index (χ3n) is 3.10. The second-order valence-corrected chi connectivity index (χ2v) is 6.97. The molecule has 0 unspecified atom stereocenters. The van der Waals surface area contributed by atoms with Gasteiger partial charge in [-0.2, -0.15) is 0 Å². The van der Waals surface area contributed by atoms with Crippen molar-refractivity contribution in [1.82, 2.24) is 9.97 Å². The van der Waals surface area contributed by atoms with Crippen molar-refractivity contribution in [2.45, 2.75) is 29.4 Å². The van der Waals surface area contributed by atoms with Crippen LogP contribution in [0.1, 0.15) is 30.3 Å². The molecule has 2 aromatic rings. The van der Waals surface area contributed by atoms with Crippen molar-refractivity contribution >= 4 is 39.9 Å². The lowest BCUT2D eigenvalue weighted by Gasteiger charge is -2.07. The summed E-state index contributed by atoms with van der Waals surface area (Å²) in [4.78, 5) is 8.63. The van der Waals surface area contributed by atoms with E-state index in [4.69, 9.17) is 12.2 Å². The minimum atomic E-state index is -0.217. The van der Waals surface area contributed by atoms with Crippen molar-refractivity contribution in [3.05, 3.63) is 50.7 Å². The van der Waals surface area contributed by atoms with Crippen LogP contribution in [-0.4, -0.2) is 9.97 Å². The maximum absolute atomic E-state index is 13.1. The van der Waals surface area contributed by atoms with E-state index in [9.17, 15) is 4.39 Å². The Balaban J connectivity index is 1.79. The molecule has 0 radical (unpaired) electrons. The predicted octanol–water partition coefficient (Wildman–Crippen LogP) is 5.21. The summed E-state index contributed by atoms with van der Waals surface area (Å²) in [7, 11) is 0. The van der Waals surface area contributed by atoms with Crippen LogP contribution in [0.5, 0.6) is 0 Å². The quantitative estimate of drug-likeness (QED) is 0.591. The lowest BCUT2D eigenvalue weighted by atomic mass is 10.3. The highest BCUT2D eigenvalue weighted by Gasteiger charge is 2.27. The van der Waals surface area contributed by atoms with Crippen molar-refractivity contribution in [1.29, 1.82) is 0 Å². The number of hydrogen-bond donors (Lipinski definition) is 1. The monoisotopic (exact) mass is 370 g/mol. The van der Waals surface area contributed by atoms with Gasteiger partial charge in [0.05, 0.1) is 10.2 Å². The molecule has 0 saturated heterocycles. The molecule has 1 aliphatic rings. The number of thioether (sulfide) groups is 1. The number of aromatic nitrogens is 2. The zero-order valence-electron chi connectivity index (χ0n) is 10.5. The van der Waals surface area contributed by atoms with Crippen molar-refractivity contribution < 1.29 is 4.39 Å². The van der Waals surface area contributed by atoms with Crippen molar-refractivity contribution in [2.24, 2.45) is 0 Å². The standard InChI is InChI=1S/C14H12BrFN2S2/c15-12-13(8-4-5-8)17-11(18-14(12)19)7-20-10-3-1-2-9(16)6-10/h1-3,6,8H,4-5,7H2,(H,17,18,19). The van der Waals surface area contributed by atoms with Gasteiger partial charge in [-0.3, -0.25) is 0 Å². The van der Waals surface area contributed by atoms with Gasteiger partial charge in [0.2, 0.25) is 0 Å². The van der Waals surface area contributed by atoms with Gasteiger partial charge < -0.3 is 4.98 Å². The van der Waals surface area contributed by atoms with E-state index in [-0.39, 0.29) is 5.82 Å². The van der Waals surface area contributed by atoms with E-state index in [1.807, 2.05) is 6.07 Å². The Kier molecular flexibility index (Phi) is 4.23. The van der Waals surface area contributed by atoms with E-state index in [1.54, 1.807) is 17.8 Å². The number of rotatable bonds is 4. The number of hydrogen-bond acceptors (Lipinski definition) is 3.